The largest absolute Gasteiger partial charge is 0.453 e. The van der Waals surface area contributed by atoms with Crippen LogP contribution in [0.3, 0.4) is 0 Å². The van der Waals surface area contributed by atoms with Gasteiger partial charge < -0.3 is 9.47 Å². The van der Waals surface area contributed by atoms with Crippen molar-refractivity contribution in [2.24, 2.45) is 0 Å². The lowest BCUT2D eigenvalue weighted by Gasteiger charge is -2.04. The fourth-order valence-corrected chi connectivity index (χ4v) is 0.858. The maximum atomic E-state index is 11.2. The molecular weight excluding hydrogens is 289 g/mol. The molecule has 0 saturated carbocycles. The lowest BCUT2D eigenvalue weighted by Crippen LogP contribution is -2.19. The second kappa shape index (κ2) is 9.35. The smallest absolute Gasteiger partial charge is 0.422 e. The van der Waals surface area contributed by atoms with Crippen molar-refractivity contribution in [1.29, 1.82) is 0 Å². The van der Waals surface area contributed by atoms with Gasteiger partial charge in [0, 0.05) is 12.2 Å². The molecule has 0 saturated heterocycles. The summed E-state index contributed by atoms with van der Waals surface area (Å²) in [6.45, 7) is 4.64. The minimum absolute atomic E-state index is 0.434. The molecule has 0 bridgehead atoms. The monoisotopic (exact) mass is 302 g/mol. The summed E-state index contributed by atoms with van der Waals surface area (Å²) in [4.78, 5) is 20.7. The molecule has 4 nitrogen and oxygen atoms in total. The summed E-state index contributed by atoms with van der Waals surface area (Å²) in [6, 6.07) is 8.87. The second-order valence-corrected chi connectivity index (χ2v) is 3.37. The van der Waals surface area contributed by atoms with Crippen LogP contribution in [0, 0.1) is 0 Å². The highest BCUT2D eigenvalue weighted by Crippen LogP contribution is 2.14. The van der Waals surface area contributed by atoms with E-state index < -0.39 is 24.7 Å². The minimum Gasteiger partial charge on any atom is -0.453 e. The average molecular weight is 302 g/mol. The van der Waals surface area contributed by atoms with Gasteiger partial charge in [-0.3, -0.25) is 0 Å². The molecular formula is C14H13F3O4. The minimum atomic E-state index is -4.46. The van der Waals surface area contributed by atoms with Crippen molar-refractivity contribution in [1.82, 2.24) is 0 Å². The summed E-state index contributed by atoms with van der Waals surface area (Å²) in [5, 5.41) is 0. The van der Waals surface area contributed by atoms with Crippen LogP contribution < -0.4 is 4.74 Å². The highest BCUT2D eigenvalue weighted by atomic mass is 19.4. The molecule has 0 atom stereocenters. The van der Waals surface area contributed by atoms with Gasteiger partial charge in [0.15, 0.2) is 6.61 Å². The number of benzene rings is 1. The third-order valence-electron chi connectivity index (χ3n) is 1.67. The number of hydrogen-bond acceptors (Lipinski definition) is 4. The molecule has 0 N–H and O–H groups in total. The van der Waals surface area contributed by atoms with Gasteiger partial charge in [0.25, 0.3) is 0 Å². The molecule has 0 heterocycles. The van der Waals surface area contributed by atoms with Gasteiger partial charge in [-0.25, -0.2) is 9.59 Å². The van der Waals surface area contributed by atoms with Crippen molar-refractivity contribution < 1.29 is 32.2 Å². The van der Waals surface area contributed by atoms with E-state index in [0.717, 1.165) is 6.08 Å². The number of halogens is 3. The first-order valence-electron chi connectivity index (χ1n) is 5.53. The zero-order valence-corrected chi connectivity index (χ0v) is 10.9. The van der Waals surface area contributed by atoms with Crippen molar-refractivity contribution >= 4 is 11.9 Å². The predicted octanol–water partition coefficient (Wildman–Crippen LogP) is 3.06. The van der Waals surface area contributed by atoms with Gasteiger partial charge in [0.2, 0.25) is 0 Å². The Morgan fingerprint density at radius 2 is 1.57 bits per heavy atom. The quantitative estimate of drug-likeness (QED) is 0.487. The van der Waals surface area contributed by atoms with E-state index in [1.54, 1.807) is 24.3 Å². The predicted molar refractivity (Wildman–Crippen MR) is 69.5 cm³/mol. The van der Waals surface area contributed by atoms with E-state index in [2.05, 4.69) is 17.9 Å². The highest BCUT2D eigenvalue weighted by Gasteiger charge is 2.28. The molecule has 1 rings (SSSR count). The Hall–Kier alpha value is -2.57. The van der Waals surface area contributed by atoms with Crippen molar-refractivity contribution in [3.8, 4) is 5.75 Å². The van der Waals surface area contributed by atoms with Crippen molar-refractivity contribution in [2.75, 3.05) is 6.61 Å². The van der Waals surface area contributed by atoms with E-state index in [4.69, 9.17) is 4.74 Å². The summed E-state index contributed by atoms with van der Waals surface area (Å²) in [5.41, 5.74) is 0. The van der Waals surface area contributed by atoms with E-state index in [0.29, 0.717) is 11.8 Å². The summed E-state index contributed by atoms with van der Waals surface area (Å²) >= 11 is 0. The number of carbonyl (C=O) groups is 2. The summed E-state index contributed by atoms with van der Waals surface area (Å²) < 4.78 is 42.2. The van der Waals surface area contributed by atoms with E-state index in [1.165, 1.54) is 0 Å². The first-order valence-corrected chi connectivity index (χ1v) is 5.53. The van der Waals surface area contributed by atoms with Crippen LogP contribution in [-0.4, -0.2) is 24.7 Å². The van der Waals surface area contributed by atoms with E-state index >= 15 is 0 Å². The third kappa shape index (κ3) is 11.0. The number of para-hydroxylation sites is 1. The normalized spacial score (nSPS) is 9.67. The zero-order valence-electron chi connectivity index (χ0n) is 10.9. The van der Waals surface area contributed by atoms with Crippen LogP contribution in [0.5, 0.6) is 5.75 Å². The number of rotatable bonds is 4. The van der Waals surface area contributed by atoms with Gasteiger partial charge >= 0.3 is 18.1 Å². The van der Waals surface area contributed by atoms with Crippen LogP contribution in [0.4, 0.5) is 13.2 Å². The highest BCUT2D eigenvalue weighted by molar-refractivity contribution is 5.83. The Balaban J connectivity index is 0.000000384. The van der Waals surface area contributed by atoms with Crippen molar-refractivity contribution in [3.63, 3.8) is 0 Å². The first-order chi connectivity index (χ1) is 9.78. The maximum absolute atomic E-state index is 11.2. The van der Waals surface area contributed by atoms with E-state index in [9.17, 15) is 22.8 Å². The Bertz CT molecular complexity index is 481. The number of alkyl halides is 3. The molecule has 21 heavy (non-hydrogen) atoms. The van der Waals surface area contributed by atoms with Gasteiger partial charge in [0.05, 0.1) is 0 Å². The molecule has 0 aliphatic heterocycles. The molecule has 1 aromatic rings. The molecule has 114 valence electrons. The van der Waals surface area contributed by atoms with Crippen molar-refractivity contribution in [2.45, 2.75) is 6.18 Å². The van der Waals surface area contributed by atoms with Gasteiger partial charge in [-0.1, -0.05) is 31.4 Å². The Morgan fingerprint density at radius 3 is 2.00 bits per heavy atom. The molecule has 0 spiro atoms. The molecule has 7 heteroatoms. The molecule has 1 aromatic carbocycles. The van der Waals surface area contributed by atoms with Crippen LogP contribution in [0.2, 0.25) is 0 Å². The molecule has 0 aromatic heterocycles. The maximum Gasteiger partial charge on any atom is 0.422 e. The molecule has 0 unspecified atom stereocenters. The van der Waals surface area contributed by atoms with Crippen LogP contribution in [0.15, 0.2) is 55.6 Å². The topological polar surface area (TPSA) is 52.6 Å². The third-order valence-corrected chi connectivity index (χ3v) is 1.67. The molecule has 0 fully saturated rings. The SMILES string of the molecule is C=CC(=O)OCC(F)(F)F.C=CC(=O)Oc1ccccc1. The average Bonchev–Trinajstić information content (AvgIpc) is 2.45. The van der Waals surface area contributed by atoms with Gasteiger partial charge in [-0.05, 0) is 12.1 Å². The Labute approximate surface area is 119 Å². The summed E-state index contributed by atoms with van der Waals surface area (Å²) in [6.07, 6.45) is -2.66. The standard InChI is InChI=1S/C9H8O2.C5H5F3O2/c1-2-9(10)11-8-6-4-3-5-7-8;1-2-4(9)10-3-5(6,7)8/h2-7H,1H2;2H,1,3H2. The first kappa shape index (κ1) is 18.4. The van der Waals surface area contributed by atoms with Crippen LogP contribution in [-0.2, 0) is 14.3 Å². The van der Waals surface area contributed by atoms with Gasteiger partial charge in [-0.15, -0.1) is 0 Å². The second-order valence-electron chi connectivity index (χ2n) is 3.37. The van der Waals surface area contributed by atoms with Gasteiger partial charge in [-0.2, -0.15) is 13.2 Å². The number of hydrogen-bond donors (Lipinski definition) is 0. The summed E-state index contributed by atoms with van der Waals surface area (Å²) in [5.74, 6) is -0.967. The fourth-order valence-electron chi connectivity index (χ4n) is 0.858. The van der Waals surface area contributed by atoms with E-state index in [-0.39, 0.29) is 0 Å². The van der Waals surface area contributed by atoms with E-state index in [1.807, 2.05) is 6.07 Å². The lowest BCUT2D eigenvalue weighted by atomic mass is 10.3. The van der Waals surface area contributed by atoms with Crippen LogP contribution >= 0.6 is 0 Å². The molecule has 0 aliphatic carbocycles. The molecule has 0 aliphatic rings. The molecule has 0 radical (unpaired) electrons. The number of esters is 2. The fraction of sp³-hybridized carbons (Fsp3) is 0.143. The van der Waals surface area contributed by atoms with Gasteiger partial charge in [0.1, 0.15) is 5.75 Å². The summed E-state index contributed by atoms with van der Waals surface area (Å²) in [7, 11) is 0. The number of carbonyl (C=O) groups excluding carboxylic acids is 2. The Kier molecular flexibility index (Phi) is 8.21. The van der Waals surface area contributed by atoms with Crippen LogP contribution in [0.25, 0.3) is 0 Å². The van der Waals surface area contributed by atoms with Crippen LogP contribution in [0.1, 0.15) is 0 Å². The number of ether oxygens (including phenoxy) is 2. The lowest BCUT2D eigenvalue weighted by molar-refractivity contribution is -0.182. The zero-order chi connectivity index (χ0) is 16.3. The van der Waals surface area contributed by atoms with Crippen molar-refractivity contribution in [3.05, 3.63) is 55.6 Å². The molecule has 0 amide bonds. The Morgan fingerprint density at radius 1 is 1.05 bits per heavy atom.